The number of hydrogen-bond acceptors (Lipinski definition) is 4. The average molecular weight is 317 g/mol. The van der Waals surface area contributed by atoms with Crippen molar-refractivity contribution >= 4 is 5.91 Å². The normalized spacial score (nSPS) is 12.2. The number of aliphatic hydroxyl groups excluding tert-OH is 1. The first-order valence-corrected chi connectivity index (χ1v) is 7.54. The molecule has 0 aliphatic rings. The summed E-state index contributed by atoms with van der Waals surface area (Å²) in [6, 6.07) is 7.64. The highest BCUT2D eigenvalue weighted by Crippen LogP contribution is 2.16. The van der Waals surface area contributed by atoms with E-state index in [-0.39, 0.29) is 19.1 Å². The Morgan fingerprint density at radius 1 is 1.43 bits per heavy atom. The Kier molecular flexibility index (Phi) is 5.90. The van der Waals surface area contributed by atoms with Crippen molar-refractivity contribution < 1.29 is 14.6 Å². The van der Waals surface area contributed by atoms with Gasteiger partial charge in [0, 0.05) is 31.2 Å². The molecule has 0 aliphatic heterocycles. The second kappa shape index (κ2) is 7.89. The number of nitrogens with one attached hydrogen (secondary N) is 1. The van der Waals surface area contributed by atoms with Crippen LogP contribution in [0.5, 0.6) is 0 Å². The van der Waals surface area contributed by atoms with Crippen molar-refractivity contribution in [3.63, 3.8) is 0 Å². The Labute approximate surface area is 136 Å². The summed E-state index contributed by atoms with van der Waals surface area (Å²) in [6.45, 7) is 4.86. The van der Waals surface area contributed by atoms with Crippen molar-refractivity contribution in [2.75, 3.05) is 20.3 Å². The van der Waals surface area contributed by atoms with E-state index in [9.17, 15) is 9.90 Å². The lowest BCUT2D eigenvalue weighted by Crippen LogP contribution is -2.34. The fourth-order valence-corrected chi connectivity index (χ4v) is 2.49. The number of hydrogen-bond donors (Lipinski definition) is 2. The Balaban J connectivity index is 2.09. The molecule has 0 saturated heterocycles. The van der Waals surface area contributed by atoms with Gasteiger partial charge in [-0.3, -0.25) is 9.78 Å². The summed E-state index contributed by atoms with van der Waals surface area (Å²) in [5, 5.41) is 12.3. The molecule has 1 atom stereocenters. The van der Waals surface area contributed by atoms with Crippen LogP contribution >= 0.6 is 0 Å². The van der Waals surface area contributed by atoms with Crippen LogP contribution in [0.3, 0.4) is 0 Å². The Morgan fingerprint density at radius 2 is 2.22 bits per heavy atom. The molecule has 0 fully saturated rings. The fraction of sp³-hybridized carbons (Fsp3) is 0.412. The average Bonchev–Trinajstić information content (AvgIpc) is 2.82. The zero-order valence-electron chi connectivity index (χ0n) is 13.7. The van der Waals surface area contributed by atoms with Gasteiger partial charge in [-0.1, -0.05) is 6.07 Å². The molecule has 0 radical (unpaired) electrons. The van der Waals surface area contributed by atoms with Gasteiger partial charge >= 0.3 is 0 Å². The molecule has 6 heteroatoms. The van der Waals surface area contributed by atoms with Crippen molar-refractivity contribution in [2.24, 2.45) is 0 Å². The molecule has 2 aromatic heterocycles. The SMILES string of the molecule is COCC(O)CNC(=O)c1cc(C)n(Cc2ccccn2)c1C. The number of rotatable bonds is 7. The topological polar surface area (TPSA) is 76.4 Å². The minimum Gasteiger partial charge on any atom is -0.389 e. The van der Waals surface area contributed by atoms with Gasteiger partial charge in [0.15, 0.2) is 0 Å². The molecule has 0 bridgehead atoms. The molecule has 2 N–H and O–H groups in total. The fourth-order valence-electron chi connectivity index (χ4n) is 2.49. The van der Waals surface area contributed by atoms with Gasteiger partial charge < -0.3 is 19.7 Å². The molecular weight excluding hydrogens is 294 g/mol. The number of aromatic nitrogens is 2. The summed E-state index contributed by atoms with van der Waals surface area (Å²) in [5.74, 6) is -0.194. The molecule has 0 saturated carbocycles. The number of amides is 1. The second-order valence-electron chi connectivity index (χ2n) is 5.51. The maximum atomic E-state index is 12.3. The number of aliphatic hydroxyl groups is 1. The maximum Gasteiger partial charge on any atom is 0.253 e. The molecular formula is C17H23N3O3. The largest absolute Gasteiger partial charge is 0.389 e. The molecule has 2 aromatic rings. The number of aryl methyl sites for hydroxylation is 1. The first-order chi connectivity index (χ1) is 11.0. The second-order valence-corrected chi connectivity index (χ2v) is 5.51. The Morgan fingerprint density at radius 3 is 2.87 bits per heavy atom. The van der Waals surface area contributed by atoms with Crippen LogP contribution in [0, 0.1) is 13.8 Å². The third kappa shape index (κ3) is 4.40. The quantitative estimate of drug-likeness (QED) is 0.807. The zero-order valence-corrected chi connectivity index (χ0v) is 13.7. The monoisotopic (exact) mass is 317 g/mol. The predicted molar refractivity (Wildman–Crippen MR) is 87.5 cm³/mol. The number of carbonyl (C=O) groups excluding carboxylic acids is 1. The van der Waals surface area contributed by atoms with Crippen LogP contribution < -0.4 is 5.32 Å². The lowest BCUT2D eigenvalue weighted by atomic mass is 10.2. The molecule has 124 valence electrons. The Hall–Kier alpha value is -2.18. The van der Waals surface area contributed by atoms with Gasteiger partial charge in [0.1, 0.15) is 0 Å². The molecule has 0 spiro atoms. The highest BCUT2D eigenvalue weighted by atomic mass is 16.5. The van der Waals surface area contributed by atoms with E-state index in [0.29, 0.717) is 12.1 Å². The van der Waals surface area contributed by atoms with Crippen LogP contribution in [0.2, 0.25) is 0 Å². The summed E-state index contributed by atoms with van der Waals surface area (Å²) in [5.41, 5.74) is 3.43. The van der Waals surface area contributed by atoms with E-state index < -0.39 is 6.10 Å². The summed E-state index contributed by atoms with van der Waals surface area (Å²) >= 11 is 0. The highest BCUT2D eigenvalue weighted by Gasteiger charge is 2.16. The molecule has 1 unspecified atom stereocenters. The van der Waals surface area contributed by atoms with E-state index in [0.717, 1.165) is 17.1 Å². The van der Waals surface area contributed by atoms with Gasteiger partial charge in [-0.25, -0.2) is 0 Å². The van der Waals surface area contributed by atoms with Gasteiger partial charge in [0.2, 0.25) is 0 Å². The summed E-state index contributed by atoms with van der Waals surface area (Å²) < 4.78 is 6.90. The molecule has 2 rings (SSSR count). The number of methoxy groups -OCH3 is 1. The van der Waals surface area contributed by atoms with Crippen molar-refractivity contribution in [3.05, 3.63) is 53.1 Å². The maximum absolute atomic E-state index is 12.3. The van der Waals surface area contributed by atoms with E-state index in [1.165, 1.54) is 7.11 Å². The minimum atomic E-state index is -0.707. The first-order valence-electron chi connectivity index (χ1n) is 7.54. The first kappa shape index (κ1) is 17.2. The van der Waals surface area contributed by atoms with Crippen molar-refractivity contribution in [3.8, 4) is 0 Å². The number of carbonyl (C=O) groups is 1. The van der Waals surface area contributed by atoms with E-state index in [4.69, 9.17) is 4.74 Å². The molecule has 6 nitrogen and oxygen atoms in total. The van der Waals surface area contributed by atoms with Crippen molar-refractivity contribution in [1.82, 2.24) is 14.9 Å². The van der Waals surface area contributed by atoms with E-state index in [1.807, 2.05) is 38.1 Å². The lowest BCUT2D eigenvalue weighted by Gasteiger charge is -2.11. The van der Waals surface area contributed by atoms with E-state index in [1.54, 1.807) is 6.20 Å². The van der Waals surface area contributed by atoms with Gasteiger partial charge in [-0.05, 0) is 32.0 Å². The number of ether oxygens (including phenoxy) is 1. The van der Waals surface area contributed by atoms with Gasteiger partial charge in [0.25, 0.3) is 5.91 Å². The standard InChI is InChI=1S/C17H23N3O3/c1-12-8-16(17(22)19-9-15(21)11-23-3)13(2)20(12)10-14-6-4-5-7-18-14/h4-8,15,21H,9-11H2,1-3H3,(H,19,22). The van der Waals surface area contributed by atoms with Crippen LogP contribution in [0.25, 0.3) is 0 Å². The minimum absolute atomic E-state index is 0.163. The number of nitrogens with zero attached hydrogens (tertiary/aromatic N) is 2. The van der Waals surface area contributed by atoms with Crippen LogP contribution in [-0.2, 0) is 11.3 Å². The van der Waals surface area contributed by atoms with Gasteiger partial charge in [-0.15, -0.1) is 0 Å². The third-order valence-electron chi connectivity index (χ3n) is 3.72. The molecule has 23 heavy (non-hydrogen) atoms. The summed E-state index contributed by atoms with van der Waals surface area (Å²) in [7, 11) is 1.51. The zero-order chi connectivity index (χ0) is 16.8. The highest BCUT2D eigenvalue weighted by molar-refractivity contribution is 5.95. The van der Waals surface area contributed by atoms with Crippen LogP contribution in [0.1, 0.15) is 27.4 Å². The van der Waals surface area contributed by atoms with E-state index >= 15 is 0 Å². The smallest absolute Gasteiger partial charge is 0.253 e. The Bertz CT molecular complexity index is 653. The van der Waals surface area contributed by atoms with Crippen molar-refractivity contribution in [1.29, 1.82) is 0 Å². The molecule has 0 aromatic carbocycles. The van der Waals surface area contributed by atoms with Crippen LogP contribution in [0.15, 0.2) is 30.5 Å². The van der Waals surface area contributed by atoms with Crippen molar-refractivity contribution in [2.45, 2.75) is 26.5 Å². The predicted octanol–water partition coefficient (Wildman–Crippen LogP) is 1.29. The van der Waals surface area contributed by atoms with E-state index in [2.05, 4.69) is 14.9 Å². The third-order valence-corrected chi connectivity index (χ3v) is 3.72. The summed E-state index contributed by atoms with van der Waals surface area (Å²) in [4.78, 5) is 16.6. The number of pyridine rings is 1. The summed E-state index contributed by atoms with van der Waals surface area (Å²) in [6.07, 6.45) is 1.05. The van der Waals surface area contributed by atoms with Gasteiger partial charge in [0.05, 0.1) is 30.5 Å². The lowest BCUT2D eigenvalue weighted by molar-refractivity contribution is 0.0609. The molecule has 2 heterocycles. The van der Waals surface area contributed by atoms with Crippen LogP contribution in [0.4, 0.5) is 0 Å². The molecule has 0 aliphatic carbocycles. The van der Waals surface area contributed by atoms with Gasteiger partial charge in [-0.2, -0.15) is 0 Å². The van der Waals surface area contributed by atoms with Crippen LogP contribution in [-0.4, -0.2) is 46.9 Å². The molecule has 1 amide bonds.